The van der Waals surface area contributed by atoms with Crippen molar-refractivity contribution < 1.29 is 13.5 Å². The number of aryl methyl sites for hydroxylation is 1. The Kier molecular flexibility index (Phi) is 2.50. The summed E-state index contributed by atoms with van der Waals surface area (Å²) in [7, 11) is 0. The van der Waals surface area contributed by atoms with E-state index in [4.69, 9.17) is 9.15 Å². The van der Waals surface area contributed by atoms with Gasteiger partial charge >= 0.3 is 0 Å². The van der Waals surface area contributed by atoms with Crippen LogP contribution in [0.1, 0.15) is 11.3 Å². The molecule has 0 spiro atoms. The molecule has 3 heteroatoms. The number of ether oxygens (including phenoxy) is 1. The fourth-order valence-electron chi connectivity index (χ4n) is 1.51. The molecule has 0 amide bonds. The van der Waals surface area contributed by atoms with E-state index in [9.17, 15) is 4.39 Å². The Hall–Kier alpha value is -1.35. The van der Waals surface area contributed by atoms with Crippen LogP contribution in [-0.4, -0.2) is 6.86 Å². The van der Waals surface area contributed by atoms with Crippen LogP contribution < -0.4 is 0 Å². The number of alkyl halides is 1. The molecule has 14 heavy (non-hydrogen) atoms. The number of hydrogen-bond acceptors (Lipinski definition) is 2. The van der Waals surface area contributed by atoms with Crippen LogP contribution in [0.25, 0.3) is 11.0 Å². The normalized spacial score (nSPS) is 11.0. The molecular formula is C11H11FO2. The minimum absolute atomic E-state index is 0.251. The van der Waals surface area contributed by atoms with E-state index in [2.05, 4.69) is 0 Å². The van der Waals surface area contributed by atoms with Gasteiger partial charge in [-0.25, -0.2) is 4.39 Å². The summed E-state index contributed by atoms with van der Waals surface area (Å²) < 4.78 is 22.0. The third-order valence-corrected chi connectivity index (χ3v) is 2.08. The molecule has 0 N–H and O–H groups in total. The molecule has 1 aromatic heterocycles. The highest BCUT2D eigenvalue weighted by Crippen LogP contribution is 2.23. The maximum Gasteiger partial charge on any atom is 0.188 e. The highest BCUT2D eigenvalue weighted by molar-refractivity contribution is 5.80. The topological polar surface area (TPSA) is 22.4 Å². The Morgan fingerprint density at radius 1 is 1.43 bits per heavy atom. The van der Waals surface area contributed by atoms with Crippen molar-refractivity contribution in [2.75, 3.05) is 6.86 Å². The summed E-state index contributed by atoms with van der Waals surface area (Å²) in [5, 5.41) is 1.03. The summed E-state index contributed by atoms with van der Waals surface area (Å²) in [6.07, 6.45) is 0. The van der Waals surface area contributed by atoms with Crippen molar-refractivity contribution in [3.8, 4) is 0 Å². The van der Waals surface area contributed by atoms with Crippen LogP contribution in [0, 0.1) is 6.92 Å². The molecule has 0 fully saturated rings. The van der Waals surface area contributed by atoms with Crippen LogP contribution in [0.5, 0.6) is 0 Å². The predicted molar refractivity (Wildman–Crippen MR) is 51.7 cm³/mol. The van der Waals surface area contributed by atoms with Crippen LogP contribution in [0.2, 0.25) is 0 Å². The van der Waals surface area contributed by atoms with Crippen LogP contribution in [-0.2, 0) is 11.3 Å². The van der Waals surface area contributed by atoms with Gasteiger partial charge in [0, 0.05) is 10.9 Å². The first kappa shape index (κ1) is 9.21. The third kappa shape index (κ3) is 1.63. The monoisotopic (exact) mass is 194 g/mol. The van der Waals surface area contributed by atoms with Gasteiger partial charge in [-0.15, -0.1) is 0 Å². The average Bonchev–Trinajstić information content (AvgIpc) is 2.55. The number of halogens is 1. The maximum absolute atomic E-state index is 11.8. The second kappa shape index (κ2) is 3.80. The zero-order chi connectivity index (χ0) is 9.97. The Labute approximate surface area is 81.3 Å². The van der Waals surface area contributed by atoms with E-state index < -0.39 is 6.86 Å². The van der Waals surface area contributed by atoms with Gasteiger partial charge in [-0.3, -0.25) is 0 Å². The van der Waals surface area contributed by atoms with Gasteiger partial charge in [0.25, 0.3) is 0 Å². The van der Waals surface area contributed by atoms with E-state index >= 15 is 0 Å². The van der Waals surface area contributed by atoms with Gasteiger partial charge in [0.15, 0.2) is 6.86 Å². The predicted octanol–water partition coefficient (Wildman–Crippen LogP) is 3.18. The van der Waals surface area contributed by atoms with Crippen molar-refractivity contribution in [3.05, 3.63) is 35.6 Å². The van der Waals surface area contributed by atoms with Gasteiger partial charge in [-0.05, 0) is 13.0 Å². The van der Waals surface area contributed by atoms with E-state index in [1.165, 1.54) is 0 Å². The standard InChI is InChI=1S/C11H11FO2/c1-8-5-9-3-2-4-10(6-13-7-12)11(9)14-8/h2-5H,6-7H2,1H3. The fourth-order valence-corrected chi connectivity index (χ4v) is 1.51. The van der Waals surface area contributed by atoms with Crippen LogP contribution >= 0.6 is 0 Å². The number of hydrogen-bond donors (Lipinski definition) is 0. The van der Waals surface area contributed by atoms with Gasteiger partial charge in [0.2, 0.25) is 0 Å². The molecule has 0 saturated heterocycles. The number of para-hydroxylation sites is 1. The Balaban J connectivity index is 2.42. The molecule has 0 unspecified atom stereocenters. The van der Waals surface area contributed by atoms with Crippen LogP contribution in [0.4, 0.5) is 4.39 Å². The zero-order valence-corrected chi connectivity index (χ0v) is 7.92. The van der Waals surface area contributed by atoms with Gasteiger partial charge in [0.05, 0.1) is 6.61 Å². The molecule has 1 aromatic carbocycles. The van der Waals surface area contributed by atoms with Crippen molar-refractivity contribution >= 4 is 11.0 Å². The highest BCUT2D eigenvalue weighted by Gasteiger charge is 2.05. The molecule has 0 bridgehead atoms. The molecule has 0 aliphatic rings. The van der Waals surface area contributed by atoms with Crippen molar-refractivity contribution in [1.82, 2.24) is 0 Å². The first-order chi connectivity index (χ1) is 6.81. The summed E-state index contributed by atoms with van der Waals surface area (Å²) in [5.74, 6) is 0.854. The minimum atomic E-state index is -0.768. The molecule has 2 rings (SSSR count). The average molecular weight is 194 g/mol. The van der Waals surface area contributed by atoms with E-state index in [1.807, 2.05) is 31.2 Å². The molecule has 0 radical (unpaired) electrons. The lowest BCUT2D eigenvalue weighted by molar-refractivity contribution is 0.0464. The minimum Gasteiger partial charge on any atom is -0.461 e. The second-order valence-electron chi connectivity index (χ2n) is 3.15. The van der Waals surface area contributed by atoms with Crippen molar-refractivity contribution in [3.63, 3.8) is 0 Å². The van der Waals surface area contributed by atoms with Gasteiger partial charge in [0.1, 0.15) is 11.3 Å². The number of rotatable bonds is 3. The Bertz CT molecular complexity index is 434. The molecule has 2 aromatic rings. The molecule has 0 atom stereocenters. The quantitative estimate of drug-likeness (QED) is 0.748. The fraction of sp³-hybridized carbons (Fsp3) is 0.273. The molecule has 0 aliphatic heterocycles. The summed E-state index contributed by atoms with van der Waals surface area (Å²) in [5.41, 5.74) is 1.67. The lowest BCUT2D eigenvalue weighted by Crippen LogP contribution is -1.90. The lowest BCUT2D eigenvalue weighted by atomic mass is 10.1. The first-order valence-corrected chi connectivity index (χ1v) is 4.43. The van der Waals surface area contributed by atoms with Crippen molar-refractivity contribution in [2.45, 2.75) is 13.5 Å². The van der Waals surface area contributed by atoms with E-state index in [1.54, 1.807) is 0 Å². The summed E-state index contributed by atoms with van der Waals surface area (Å²) in [6, 6.07) is 7.70. The van der Waals surface area contributed by atoms with Crippen molar-refractivity contribution in [1.29, 1.82) is 0 Å². The maximum atomic E-state index is 11.8. The number of benzene rings is 1. The van der Waals surface area contributed by atoms with Crippen LogP contribution in [0.15, 0.2) is 28.7 Å². The lowest BCUT2D eigenvalue weighted by Gasteiger charge is -2.00. The van der Waals surface area contributed by atoms with Gasteiger partial charge in [-0.2, -0.15) is 0 Å². The van der Waals surface area contributed by atoms with E-state index in [0.717, 1.165) is 22.3 Å². The molecule has 0 saturated carbocycles. The SMILES string of the molecule is Cc1cc2cccc(COCF)c2o1. The third-order valence-electron chi connectivity index (χ3n) is 2.08. The number of fused-ring (bicyclic) bond motifs is 1. The Morgan fingerprint density at radius 3 is 3.07 bits per heavy atom. The Morgan fingerprint density at radius 2 is 2.29 bits per heavy atom. The smallest absolute Gasteiger partial charge is 0.188 e. The van der Waals surface area contributed by atoms with Gasteiger partial charge in [-0.1, -0.05) is 18.2 Å². The number of furan rings is 1. The molecular weight excluding hydrogens is 183 g/mol. The largest absolute Gasteiger partial charge is 0.461 e. The molecule has 1 heterocycles. The van der Waals surface area contributed by atoms with E-state index in [0.29, 0.717) is 0 Å². The molecule has 0 aliphatic carbocycles. The zero-order valence-electron chi connectivity index (χ0n) is 7.92. The van der Waals surface area contributed by atoms with E-state index in [-0.39, 0.29) is 6.61 Å². The summed E-state index contributed by atoms with van der Waals surface area (Å²) in [6.45, 7) is 1.37. The highest BCUT2D eigenvalue weighted by atomic mass is 19.1. The van der Waals surface area contributed by atoms with Crippen molar-refractivity contribution in [2.24, 2.45) is 0 Å². The van der Waals surface area contributed by atoms with Gasteiger partial charge < -0.3 is 9.15 Å². The summed E-state index contributed by atoms with van der Waals surface area (Å²) in [4.78, 5) is 0. The first-order valence-electron chi connectivity index (χ1n) is 4.43. The summed E-state index contributed by atoms with van der Waals surface area (Å²) >= 11 is 0. The van der Waals surface area contributed by atoms with Crippen LogP contribution in [0.3, 0.4) is 0 Å². The molecule has 74 valence electrons. The molecule has 2 nitrogen and oxygen atoms in total. The second-order valence-corrected chi connectivity index (χ2v) is 3.15.